The van der Waals surface area contributed by atoms with Crippen LogP contribution >= 0.6 is 0 Å². The van der Waals surface area contributed by atoms with Crippen molar-refractivity contribution in [2.75, 3.05) is 41.0 Å². The first-order valence-corrected chi connectivity index (χ1v) is 11.8. The molecule has 0 bridgehead atoms. The highest BCUT2D eigenvalue weighted by Gasteiger charge is 2.46. The Morgan fingerprint density at radius 2 is 1.91 bits per heavy atom. The van der Waals surface area contributed by atoms with Gasteiger partial charge < -0.3 is 24.0 Å². The zero-order valence-electron chi connectivity index (χ0n) is 20.5. The number of nitrogens with zero attached hydrogens (tertiary/aromatic N) is 3. The first kappa shape index (κ1) is 24.5. The molecule has 2 aromatic rings. The highest BCUT2D eigenvalue weighted by Crippen LogP contribution is 2.46. The molecule has 1 fully saturated rings. The second-order valence-corrected chi connectivity index (χ2v) is 8.79. The van der Waals surface area contributed by atoms with Gasteiger partial charge in [-0.05, 0) is 49.1 Å². The van der Waals surface area contributed by atoms with Crippen molar-refractivity contribution in [3.8, 4) is 11.5 Å². The second-order valence-electron chi connectivity index (χ2n) is 8.79. The van der Waals surface area contributed by atoms with Crippen LogP contribution in [0.15, 0.2) is 36.7 Å². The maximum atomic E-state index is 14.2. The van der Waals surface area contributed by atoms with Crippen LogP contribution < -0.4 is 9.47 Å². The van der Waals surface area contributed by atoms with Gasteiger partial charge >= 0.3 is 5.97 Å². The van der Waals surface area contributed by atoms with E-state index in [0.717, 1.165) is 5.56 Å². The fourth-order valence-electron chi connectivity index (χ4n) is 5.11. The Balaban J connectivity index is 1.81. The third-order valence-corrected chi connectivity index (χ3v) is 6.82. The zero-order chi connectivity index (χ0) is 25.1. The van der Waals surface area contributed by atoms with Gasteiger partial charge in [-0.2, -0.15) is 0 Å². The third-order valence-electron chi connectivity index (χ3n) is 6.82. The van der Waals surface area contributed by atoms with E-state index in [-0.39, 0.29) is 30.2 Å². The van der Waals surface area contributed by atoms with Crippen LogP contribution in [0.2, 0.25) is 0 Å². The minimum atomic E-state index is -0.711. The zero-order valence-corrected chi connectivity index (χ0v) is 20.5. The summed E-state index contributed by atoms with van der Waals surface area (Å²) in [5.74, 6) is -0.872. The number of likely N-dealkylation sites (N-methyl/N-ethyl adjacent to an activating group) is 1. The van der Waals surface area contributed by atoms with E-state index >= 15 is 0 Å². The van der Waals surface area contributed by atoms with Gasteiger partial charge in [0.15, 0.2) is 11.5 Å². The summed E-state index contributed by atoms with van der Waals surface area (Å²) >= 11 is 0. The molecule has 1 aromatic heterocycles. The highest BCUT2D eigenvalue weighted by molar-refractivity contribution is 6.02. The fourth-order valence-corrected chi connectivity index (χ4v) is 5.11. The molecule has 0 N–H and O–H groups in total. The molecule has 35 heavy (non-hydrogen) atoms. The van der Waals surface area contributed by atoms with E-state index in [9.17, 15) is 14.4 Å². The number of piperidine rings is 1. The number of ether oxygens (including phenoxy) is 3. The number of pyridine rings is 1. The average molecular weight is 482 g/mol. The van der Waals surface area contributed by atoms with Crippen LogP contribution in [0.1, 0.15) is 53.2 Å². The lowest BCUT2D eigenvalue weighted by atomic mass is 9.78. The molecule has 3 unspecified atom stereocenters. The number of rotatable bonds is 6. The van der Waals surface area contributed by atoms with Gasteiger partial charge in [-0.1, -0.05) is 6.07 Å². The van der Waals surface area contributed by atoms with Gasteiger partial charge in [0.05, 0.1) is 38.7 Å². The third kappa shape index (κ3) is 4.54. The molecule has 9 nitrogen and oxygen atoms in total. The monoisotopic (exact) mass is 481 g/mol. The van der Waals surface area contributed by atoms with Crippen LogP contribution in [0, 0.1) is 5.92 Å². The van der Waals surface area contributed by atoms with E-state index in [1.807, 2.05) is 6.07 Å². The molecule has 4 rings (SSSR count). The van der Waals surface area contributed by atoms with Gasteiger partial charge in [-0.25, -0.2) is 0 Å². The van der Waals surface area contributed by atoms with E-state index in [1.54, 1.807) is 54.4 Å². The molecule has 2 amide bonds. The molecular weight excluding hydrogens is 450 g/mol. The summed E-state index contributed by atoms with van der Waals surface area (Å²) in [4.78, 5) is 47.6. The first-order valence-electron chi connectivity index (χ1n) is 11.8. The van der Waals surface area contributed by atoms with Crippen LogP contribution in [0.4, 0.5) is 0 Å². The molecule has 0 spiro atoms. The quantitative estimate of drug-likeness (QED) is 0.585. The van der Waals surface area contributed by atoms with Crippen LogP contribution in [-0.2, 0) is 14.3 Å². The fraction of sp³-hybridized carbons (Fsp3) is 0.462. The van der Waals surface area contributed by atoms with Crippen molar-refractivity contribution in [1.82, 2.24) is 14.8 Å². The van der Waals surface area contributed by atoms with Crippen molar-refractivity contribution in [3.05, 3.63) is 53.3 Å². The van der Waals surface area contributed by atoms with E-state index in [1.165, 1.54) is 14.2 Å². The first-order chi connectivity index (χ1) is 16.9. The SMILES string of the molecule is CCOC(=O)C1CCCN(C(=O)C2c3cc(OC)c(OC)cc3C(=O)N(C)C2c2cccnc2)C1. The predicted octanol–water partition coefficient (Wildman–Crippen LogP) is 2.81. The Kier molecular flexibility index (Phi) is 7.23. The lowest BCUT2D eigenvalue weighted by Crippen LogP contribution is -2.50. The summed E-state index contributed by atoms with van der Waals surface area (Å²) in [5, 5.41) is 0. The van der Waals surface area contributed by atoms with E-state index in [2.05, 4.69) is 4.98 Å². The average Bonchev–Trinajstić information content (AvgIpc) is 2.90. The summed E-state index contributed by atoms with van der Waals surface area (Å²) in [6.07, 6.45) is 4.71. The minimum Gasteiger partial charge on any atom is -0.493 e. The van der Waals surface area contributed by atoms with Crippen molar-refractivity contribution in [1.29, 1.82) is 0 Å². The van der Waals surface area contributed by atoms with Crippen molar-refractivity contribution in [3.63, 3.8) is 0 Å². The Bertz CT molecular complexity index is 1110. The van der Waals surface area contributed by atoms with Crippen molar-refractivity contribution in [2.45, 2.75) is 31.7 Å². The molecule has 186 valence electrons. The normalized spacial score (nSPS) is 21.8. The molecule has 9 heteroatoms. The standard InChI is InChI=1S/C26H31N3O6/c1-5-35-26(32)17-9-7-11-29(15-17)25(31)22-18-12-20(33-3)21(34-4)13-19(18)24(30)28(2)23(22)16-8-6-10-27-14-16/h6,8,10,12-14,17,22-23H,5,7,9,11,15H2,1-4H3. The maximum absolute atomic E-state index is 14.2. The number of esters is 1. The summed E-state index contributed by atoms with van der Waals surface area (Å²) in [5.41, 5.74) is 1.71. The number of methoxy groups -OCH3 is 2. The van der Waals surface area contributed by atoms with Crippen LogP contribution in [-0.4, -0.2) is 73.5 Å². The number of likely N-dealkylation sites (tertiary alicyclic amines) is 1. The van der Waals surface area contributed by atoms with Crippen molar-refractivity contribution in [2.24, 2.45) is 5.92 Å². The lowest BCUT2D eigenvalue weighted by Gasteiger charge is -2.43. The summed E-state index contributed by atoms with van der Waals surface area (Å²) in [6.45, 7) is 2.89. The molecule has 3 heterocycles. The number of hydrogen-bond acceptors (Lipinski definition) is 7. The Morgan fingerprint density at radius 1 is 1.17 bits per heavy atom. The van der Waals surface area contributed by atoms with Gasteiger partial charge in [0.1, 0.15) is 0 Å². The molecule has 2 aliphatic heterocycles. The van der Waals surface area contributed by atoms with Crippen LogP contribution in [0.5, 0.6) is 11.5 Å². The number of benzene rings is 1. The minimum absolute atomic E-state index is 0.152. The smallest absolute Gasteiger partial charge is 0.310 e. The maximum Gasteiger partial charge on any atom is 0.310 e. The van der Waals surface area contributed by atoms with Gasteiger partial charge in [-0.3, -0.25) is 19.4 Å². The largest absolute Gasteiger partial charge is 0.493 e. The summed E-state index contributed by atoms with van der Waals surface area (Å²) in [7, 11) is 4.72. The van der Waals surface area contributed by atoms with Gasteiger partial charge in [0, 0.05) is 38.1 Å². The Labute approximate surface area is 205 Å². The Hall–Kier alpha value is -3.62. The van der Waals surface area contributed by atoms with E-state index in [4.69, 9.17) is 14.2 Å². The molecular formula is C26H31N3O6. The van der Waals surface area contributed by atoms with Gasteiger partial charge in [0.2, 0.25) is 5.91 Å². The number of aromatic nitrogens is 1. The second kappa shape index (κ2) is 10.3. The van der Waals surface area contributed by atoms with E-state index in [0.29, 0.717) is 48.6 Å². The molecule has 0 radical (unpaired) electrons. The van der Waals surface area contributed by atoms with E-state index < -0.39 is 12.0 Å². The number of hydrogen-bond donors (Lipinski definition) is 0. The summed E-state index contributed by atoms with van der Waals surface area (Å²) < 4.78 is 16.1. The number of fused-ring (bicyclic) bond motifs is 1. The molecule has 1 aromatic carbocycles. The molecule has 0 aliphatic carbocycles. The van der Waals surface area contributed by atoms with Gasteiger partial charge in [-0.15, -0.1) is 0 Å². The molecule has 3 atom stereocenters. The number of amides is 2. The van der Waals surface area contributed by atoms with Crippen LogP contribution in [0.25, 0.3) is 0 Å². The van der Waals surface area contributed by atoms with Crippen LogP contribution in [0.3, 0.4) is 0 Å². The number of carbonyl (C=O) groups excluding carboxylic acids is 3. The number of carbonyl (C=O) groups is 3. The predicted molar refractivity (Wildman–Crippen MR) is 127 cm³/mol. The molecule has 2 aliphatic rings. The van der Waals surface area contributed by atoms with Crippen molar-refractivity contribution < 1.29 is 28.6 Å². The van der Waals surface area contributed by atoms with Crippen molar-refractivity contribution >= 4 is 17.8 Å². The van der Waals surface area contributed by atoms with Gasteiger partial charge in [0.25, 0.3) is 5.91 Å². The summed E-state index contributed by atoms with van der Waals surface area (Å²) in [6, 6.07) is 6.43. The Morgan fingerprint density at radius 3 is 2.57 bits per heavy atom. The molecule has 0 saturated carbocycles. The highest BCUT2D eigenvalue weighted by atomic mass is 16.5. The molecule has 1 saturated heterocycles. The topological polar surface area (TPSA) is 98.3 Å². The lowest BCUT2D eigenvalue weighted by molar-refractivity contribution is -0.151.